The lowest BCUT2D eigenvalue weighted by Gasteiger charge is -2.22. The van der Waals surface area contributed by atoms with Crippen molar-refractivity contribution in [1.29, 1.82) is 0 Å². The number of rotatable bonds is 3. The highest BCUT2D eigenvalue weighted by molar-refractivity contribution is 5.39. The molecular weight excluding hydrogens is 212 g/mol. The topological polar surface area (TPSA) is 35.2 Å². The lowest BCUT2D eigenvalue weighted by atomic mass is 9.88. The van der Waals surface area contributed by atoms with Gasteiger partial charge in [-0.2, -0.15) is 0 Å². The van der Waals surface area contributed by atoms with Gasteiger partial charge in [0.25, 0.3) is 6.43 Å². The van der Waals surface area contributed by atoms with Crippen molar-refractivity contribution in [1.82, 2.24) is 0 Å². The summed E-state index contributed by atoms with van der Waals surface area (Å²) in [5, 5.41) is 0. The van der Waals surface area contributed by atoms with Crippen LogP contribution in [0.5, 0.6) is 5.75 Å². The standard InChI is InChI=1S/C12H15F2NO/c13-12(14)7-16-9-5-4-8-2-1-3-11(15)10(8)6-9/h4-6,11-12H,1-3,7,15H2/t11-/m0/s1. The third-order valence-corrected chi connectivity index (χ3v) is 2.85. The molecule has 0 aromatic heterocycles. The van der Waals surface area contributed by atoms with Gasteiger partial charge in [0.15, 0.2) is 0 Å². The zero-order valence-electron chi connectivity index (χ0n) is 8.96. The van der Waals surface area contributed by atoms with E-state index in [1.54, 1.807) is 12.1 Å². The summed E-state index contributed by atoms with van der Waals surface area (Å²) in [5.74, 6) is 0.483. The van der Waals surface area contributed by atoms with Crippen LogP contribution in [0.3, 0.4) is 0 Å². The van der Waals surface area contributed by atoms with Crippen LogP contribution in [-0.4, -0.2) is 13.0 Å². The zero-order chi connectivity index (χ0) is 11.5. The van der Waals surface area contributed by atoms with Gasteiger partial charge in [-0.05, 0) is 42.5 Å². The molecule has 1 aliphatic rings. The summed E-state index contributed by atoms with van der Waals surface area (Å²) in [7, 11) is 0. The summed E-state index contributed by atoms with van der Waals surface area (Å²) in [5.41, 5.74) is 8.22. The molecule has 0 unspecified atom stereocenters. The summed E-state index contributed by atoms with van der Waals surface area (Å²) in [6, 6.07) is 5.47. The van der Waals surface area contributed by atoms with Crippen LogP contribution in [0, 0.1) is 0 Å². The minimum atomic E-state index is -2.44. The highest BCUT2D eigenvalue weighted by atomic mass is 19.3. The number of alkyl halides is 2. The second-order valence-corrected chi connectivity index (χ2v) is 4.06. The summed E-state index contributed by atoms with van der Waals surface area (Å²) < 4.78 is 28.9. The van der Waals surface area contributed by atoms with Gasteiger partial charge in [-0.3, -0.25) is 0 Å². The van der Waals surface area contributed by atoms with Gasteiger partial charge in [0, 0.05) is 6.04 Å². The smallest absolute Gasteiger partial charge is 0.272 e. The maximum atomic E-state index is 12.0. The van der Waals surface area contributed by atoms with Gasteiger partial charge in [-0.25, -0.2) is 8.78 Å². The average molecular weight is 227 g/mol. The van der Waals surface area contributed by atoms with Crippen LogP contribution in [0.1, 0.15) is 30.0 Å². The van der Waals surface area contributed by atoms with Crippen molar-refractivity contribution in [3.63, 3.8) is 0 Å². The van der Waals surface area contributed by atoms with Gasteiger partial charge in [0.1, 0.15) is 12.4 Å². The Morgan fingerprint density at radius 1 is 1.44 bits per heavy atom. The van der Waals surface area contributed by atoms with Gasteiger partial charge >= 0.3 is 0 Å². The van der Waals surface area contributed by atoms with Crippen molar-refractivity contribution < 1.29 is 13.5 Å². The van der Waals surface area contributed by atoms with E-state index in [-0.39, 0.29) is 6.04 Å². The van der Waals surface area contributed by atoms with Gasteiger partial charge in [-0.15, -0.1) is 0 Å². The van der Waals surface area contributed by atoms with E-state index in [1.165, 1.54) is 5.56 Å². The van der Waals surface area contributed by atoms with E-state index in [2.05, 4.69) is 0 Å². The fraction of sp³-hybridized carbons (Fsp3) is 0.500. The molecule has 0 saturated carbocycles. The number of halogens is 2. The Labute approximate surface area is 93.4 Å². The molecule has 2 nitrogen and oxygen atoms in total. The minimum absolute atomic E-state index is 0.0128. The molecule has 4 heteroatoms. The van der Waals surface area contributed by atoms with Crippen LogP contribution in [0.25, 0.3) is 0 Å². The molecule has 0 bridgehead atoms. The Hall–Kier alpha value is -1.16. The van der Waals surface area contributed by atoms with Gasteiger partial charge < -0.3 is 10.5 Å². The lowest BCUT2D eigenvalue weighted by molar-refractivity contribution is 0.0818. The predicted molar refractivity (Wildman–Crippen MR) is 57.8 cm³/mol. The molecular formula is C12H15F2NO. The lowest BCUT2D eigenvalue weighted by Crippen LogP contribution is -2.17. The van der Waals surface area contributed by atoms with E-state index in [9.17, 15) is 8.78 Å². The van der Waals surface area contributed by atoms with E-state index >= 15 is 0 Å². The number of nitrogens with two attached hydrogens (primary N) is 1. The Balaban J connectivity index is 2.14. The van der Waals surface area contributed by atoms with E-state index in [0.29, 0.717) is 5.75 Å². The van der Waals surface area contributed by atoms with Crippen molar-refractivity contribution in [2.75, 3.05) is 6.61 Å². The minimum Gasteiger partial charge on any atom is -0.488 e. The number of hydrogen-bond donors (Lipinski definition) is 1. The van der Waals surface area contributed by atoms with Gasteiger partial charge in [0.2, 0.25) is 0 Å². The van der Waals surface area contributed by atoms with E-state index in [4.69, 9.17) is 10.5 Å². The van der Waals surface area contributed by atoms with Crippen LogP contribution in [-0.2, 0) is 6.42 Å². The Kier molecular flexibility index (Phi) is 3.39. The number of benzene rings is 1. The molecule has 1 aliphatic carbocycles. The summed E-state index contributed by atoms with van der Waals surface area (Å²) in [6.07, 6.45) is 0.610. The Morgan fingerprint density at radius 3 is 3.00 bits per heavy atom. The summed E-state index contributed by atoms with van der Waals surface area (Å²) >= 11 is 0. The third-order valence-electron chi connectivity index (χ3n) is 2.85. The molecule has 0 amide bonds. The van der Waals surface area contributed by atoms with Crippen LogP contribution < -0.4 is 10.5 Å². The Morgan fingerprint density at radius 2 is 2.25 bits per heavy atom. The molecule has 0 radical (unpaired) electrons. The molecule has 2 rings (SSSR count). The first-order valence-corrected chi connectivity index (χ1v) is 5.46. The molecule has 0 heterocycles. The molecule has 88 valence electrons. The Bertz CT molecular complexity index is 368. The third kappa shape index (κ3) is 2.50. The van der Waals surface area contributed by atoms with Crippen LogP contribution in [0.15, 0.2) is 18.2 Å². The second-order valence-electron chi connectivity index (χ2n) is 4.06. The quantitative estimate of drug-likeness (QED) is 0.861. The van der Waals surface area contributed by atoms with Gasteiger partial charge in [-0.1, -0.05) is 6.07 Å². The molecule has 0 saturated heterocycles. The molecule has 0 fully saturated rings. The summed E-state index contributed by atoms with van der Waals surface area (Å²) in [6.45, 7) is -0.561. The molecule has 0 aliphatic heterocycles. The molecule has 0 spiro atoms. The maximum absolute atomic E-state index is 12.0. The molecule has 1 atom stereocenters. The van der Waals surface area contributed by atoms with Crippen molar-refractivity contribution in [2.24, 2.45) is 5.73 Å². The second kappa shape index (κ2) is 4.78. The molecule has 1 aromatic carbocycles. The largest absolute Gasteiger partial charge is 0.488 e. The summed E-state index contributed by atoms with van der Waals surface area (Å²) in [4.78, 5) is 0. The fourth-order valence-corrected chi connectivity index (χ4v) is 2.06. The molecule has 16 heavy (non-hydrogen) atoms. The monoisotopic (exact) mass is 227 g/mol. The van der Waals surface area contributed by atoms with Crippen LogP contribution in [0.4, 0.5) is 8.78 Å². The first kappa shape index (κ1) is 11.3. The van der Waals surface area contributed by atoms with Gasteiger partial charge in [0.05, 0.1) is 0 Å². The number of hydrogen-bond acceptors (Lipinski definition) is 2. The number of aryl methyl sites for hydroxylation is 1. The zero-order valence-corrected chi connectivity index (χ0v) is 8.96. The van der Waals surface area contributed by atoms with Crippen molar-refractivity contribution in [3.8, 4) is 5.75 Å². The fourth-order valence-electron chi connectivity index (χ4n) is 2.06. The SMILES string of the molecule is N[C@H]1CCCc2ccc(OCC(F)F)cc21. The number of fused-ring (bicyclic) bond motifs is 1. The van der Waals surface area contributed by atoms with Crippen molar-refractivity contribution >= 4 is 0 Å². The van der Waals surface area contributed by atoms with Crippen LogP contribution in [0.2, 0.25) is 0 Å². The molecule has 2 N–H and O–H groups in total. The normalized spacial score (nSPS) is 19.6. The van der Waals surface area contributed by atoms with Crippen molar-refractivity contribution in [3.05, 3.63) is 29.3 Å². The predicted octanol–water partition coefficient (Wildman–Crippen LogP) is 2.67. The van der Waals surface area contributed by atoms with E-state index in [1.807, 2.05) is 6.07 Å². The van der Waals surface area contributed by atoms with Crippen molar-refractivity contribution in [2.45, 2.75) is 31.7 Å². The highest BCUT2D eigenvalue weighted by Crippen LogP contribution is 2.30. The van der Waals surface area contributed by atoms with E-state index in [0.717, 1.165) is 24.8 Å². The molecule has 1 aromatic rings. The first-order valence-electron chi connectivity index (χ1n) is 5.46. The highest BCUT2D eigenvalue weighted by Gasteiger charge is 2.17. The number of ether oxygens (including phenoxy) is 1. The average Bonchev–Trinajstić information content (AvgIpc) is 2.27. The first-order chi connectivity index (χ1) is 7.66. The van der Waals surface area contributed by atoms with E-state index < -0.39 is 13.0 Å². The maximum Gasteiger partial charge on any atom is 0.272 e. The van der Waals surface area contributed by atoms with Crippen LogP contribution >= 0.6 is 0 Å².